The van der Waals surface area contributed by atoms with E-state index in [4.69, 9.17) is 0 Å². The first kappa shape index (κ1) is 11.6. The van der Waals surface area contributed by atoms with Gasteiger partial charge in [0.05, 0.1) is 4.47 Å². The molecular formula is C12H13Br2F. The Morgan fingerprint density at radius 2 is 2.13 bits per heavy atom. The average molecular weight is 336 g/mol. The normalized spacial score (nSPS) is 25.8. The third-order valence-electron chi connectivity index (χ3n) is 3.02. The lowest BCUT2D eigenvalue weighted by molar-refractivity contribution is 0.542. The number of rotatable bonds is 2. The highest BCUT2D eigenvalue weighted by Gasteiger charge is 2.23. The van der Waals surface area contributed by atoms with Gasteiger partial charge in [0.25, 0.3) is 0 Å². The molecule has 0 heterocycles. The lowest BCUT2D eigenvalue weighted by Gasteiger charge is -2.11. The van der Waals surface area contributed by atoms with Crippen LogP contribution in [0.25, 0.3) is 0 Å². The molecule has 1 saturated carbocycles. The first-order valence-electron chi connectivity index (χ1n) is 5.23. The molecule has 1 aromatic carbocycles. The third-order valence-corrected chi connectivity index (χ3v) is 4.74. The topological polar surface area (TPSA) is 0 Å². The number of hydrogen-bond acceptors (Lipinski definition) is 0. The predicted octanol–water partition coefficient (Wildman–Crippen LogP) is 4.69. The predicted molar refractivity (Wildman–Crippen MR) is 67.9 cm³/mol. The summed E-state index contributed by atoms with van der Waals surface area (Å²) in [5.74, 6) is 0.549. The Kier molecular flexibility index (Phi) is 3.83. The number of hydrogen-bond donors (Lipinski definition) is 0. The van der Waals surface area contributed by atoms with Gasteiger partial charge in [0.15, 0.2) is 0 Å². The Hall–Kier alpha value is 0.110. The molecule has 0 aromatic heterocycles. The van der Waals surface area contributed by atoms with Crippen molar-refractivity contribution in [2.75, 3.05) is 0 Å². The van der Waals surface area contributed by atoms with Crippen molar-refractivity contribution in [1.29, 1.82) is 0 Å². The zero-order chi connectivity index (χ0) is 10.8. The van der Waals surface area contributed by atoms with Crippen molar-refractivity contribution in [2.45, 2.75) is 30.5 Å². The van der Waals surface area contributed by atoms with Gasteiger partial charge in [-0.3, -0.25) is 0 Å². The van der Waals surface area contributed by atoms with Crippen LogP contribution in [-0.2, 0) is 6.42 Å². The second kappa shape index (κ2) is 4.96. The first-order chi connectivity index (χ1) is 7.16. The second-order valence-corrected chi connectivity index (χ2v) is 6.28. The Morgan fingerprint density at radius 1 is 1.33 bits per heavy atom. The van der Waals surface area contributed by atoms with Crippen molar-refractivity contribution >= 4 is 31.9 Å². The lowest BCUT2D eigenvalue weighted by atomic mass is 9.98. The van der Waals surface area contributed by atoms with Crippen LogP contribution in [-0.4, -0.2) is 4.83 Å². The van der Waals surface area contributed by atoms with Crippen molar-refractivity contribution in [3.63, 3.8) is 0 Å². The highest BCUT2D eigenvalue weighted by molar-refractivity contribution is 9.10. The van der Waals surface area contributed by atoms with Crippen LogP contribution >= 0.6 is 31.9 Å². The Balaban J connectivity index is 2.07. The Bertz CT molecular complexity index is 351. The third kappa shape index (κ3) is 2.82. The summed E-state index contributed by atoms with van der Waals surface area (Å²) >= 11 is 6.96. The molecule has 1 aliphatic rings. The van der Waals surface area contributed by atoms with E-state index in [0.29, 0.717) is 15.2 Å². The molecule has 0 spiro atoms. The van der Waals surface area contributed by atoms with Gasteiger partial charge in [0, 0.05) is 4.83 Å². The van der Waals surface area contributed by atoms with Gasteiger partial charge < -0.3 is 0 Å². The maximum Gasteiger partial charge on any atom is 0.137 e. The molecule has 2 unspecified atom stereocenters. The van der Waals surface area contributed by atoms with Gasteiger partial charge >= 0.3 is 0 Å². The van der Waals surface area contributed by atoms with Crippen LogP contribution in [0.15, 0.2) is 22.7 Å². The number of benzene rings is 1. The standard InChI is InChI=1S/C12H13Br2F/c13-10-5-4-8(7-10)6-9-2-1-3-11(15)12(9)14/h1-3,8,10H,4-7H2. The van der Waals surface area contributed by atoms with Gasteiger partial charge in [-0.15, -0.1) is 0 Å². The van der Waals surface area contributed by atoms with Crippen molar-refractivity contribution in [2.24, 2.45) is 5.92 Å². The minimum absolute atomic E-state index is 0.152. The van der Waals surface area contributed by atoms with E-state index in [-0.39, 0.29) is 5.82 Å². The van der Waals surface area contributed by atoms with Crippen molar-refractivity contribution in [3.8, 4) is 0 Å². The summed E-state index contributed by atoms with van der Waals surface area (Å²) in [7, 11) is 0. The fraction of sp³-hybridized carbons (Fsp3) is 0.500. The summed E-state index contributed by atoms with van der Waals surface area (Å²) in [4.78, 5) is 0.662. The molecule has 2 atom stereocenters. The smallest absolute Gasteiger partial charge is 0.137 e. The van der Waals surface area contributed by atoms with Crippen molar-refractivity contribution < 1.29 is 4.39 Å². The summed E-state index contributed by atoms with van der Waals surface area (Å²) in [5, 5.41) is 0. The van der Waals surface area contributed by atoms with Crippen LogP contribution in [0.2, 0.25) is 0 Å². The molecule has 0 radical (unpaired) electrons. The van der Waals surface area contributed by atoms with Gasteiger partial charge in [0.1, 0.15) is 5.82 Å². The maximum atomic E-state index is 13.3. The van der Waals surface area contributed by atoms with Gasteiger partial charge in [-0.25, -0.2) is 4.39 Å². The quantitative estimate of drug-likeness (QED) is 0.687. The lowest BCUT2D eigenvalue weighted by Crippen LogP contribution is -2.01. The van der Waals surface area contributed by atoms with Crippen molar-refractivity contribution in [1.82, 2.24) is 0 Å². The minimum atomic E-state index is -0.152. The Labute approximate surface area is 107 Å². The molecule has 15 heavy (non-hydrogen) atoms. The van der Waals surface area contributed by atoms with Crippen LogP contribution in [0.1, 0.15) is 24.8 Å². The molecular weight excluding hydrogens is 323 g/mol. The molecule has 82 valence electrons. The minimum Gasteiger partial charge on any atom is -0.206 e. The van der Waals surface area contributed by atoms with E-state index in [1.54, 1.807) is 6.07 Å². The van der Waals surface area contributed by atoms with E-state index in [2.05, 4.69) is 31.9 Å². The fourth-order valence-electron chi connectivity index (χ4n) is 2.22. The molecule has 0 nitrogen and oxygen atoms in total. The summed E-state index contributed by atoms with van der Waals surface area (Å²) in [6.45, 7) is 0. The van der Waals surface area contributed by atoms with Crippen LogP contribution in [0.4, 0.5) is 4.39 Å². The number of alkyl halides is 1. The van der Waals surface area contributed by atoms with E-state index in [0.717, 1.165) is 12.0 Å². The summed E-state index contributed by atoms with van der Waals surface area (Å²) in [5.41, 5.74) is 1.10. The zero-order valence-corrected chi connectivity index (χ0v) is 11.5. The molecule has 0 aliphatic heterocycles. The van der Waals surface area contributed by atoms with E-state index in [9.17, 15) is 4.39 Å². The molecule has 1 aliphatic carbocycles. The van der Waals surface area contributed by atoms with E-state index in [1.165, 1.54) is 25.3 Å². The van der Waals surface area contributed by atoms with Crippen LogP contribution in [0, 0.1) is 11.7 Å². The average Bonchev–Trinajstić information content (AvgIpc) is 2.59. The van der Waals surface area contributed by atoms with E-state index >= 15 is 0 Å². The number of halogens is 3. The molecule has 1 aromatic rings. The molecule has 0 saturated heterocycles. The summed E-state index contributed by atoms with van der Waals surface area (Å²) < 4.78 is 13.9. The van der Waals surface area contributed by atoms with Gasteiger partial charge in [-0.2, -0.15) is 0 Å². The largest absolute Gasteiger partial charge is 0.206 e. The van der Waals surface area contributed by atoms with Crippen molar-refractivity contribution in [3.05, 3.63) is 34.1 Å². The SMILES string of the molecule is Fc1cccc(CC2CCC(Br)C2)c1Br. The molecule has 3 heteroatoms. The monoisotopic (exact) mass is 334 g/mol. The van der Waals surface area contributed by atoms with Gasteiger partial charge in [-0.1, -0.05) is 28.1 Å². The maximum absolute atomic E-state index is 13.3. The molecule has 0 bridgehead atoms. The molecule has 1 fully saturated rings. The van der Waals surface area contributed by atoms with Crippen LogP contribution in [0.5, 0.6) is 0 Å². The molecule has 2 rings (SSSR count). The highest BCUT2D eigenvalue weighted by Crippen LogP contribution is 2.34. The van der Waals surface area contributed by atoms with E-state index in [1.807, 2.05) is 6.07 Å². The van der Waals surface area contributed by atoms with E-state index < -0.39 is 0 Å². The van der Waals surface area contributed by atoms with Crippen LogP contribution < -0.4 is 0 Å². The highest BCUT2D eigenvalue weighted by atomic mass is 79.9. The van der Waals surface area contributed by atoms with Gasteiger partial charge in [-0.05, 0) is 59.2 Å². The fourth-order valence-corrected chi connectivity index (χ4v) is 3.44. The van der Waals surface area contributed by atoms with Gasteiger partial charge in [0.2, 0.25) is 0 Å². The first-order valence-corrected chi connectivity index (χ1v) is 6.94. The molecule has 0 amide bonds. The zero-order valence-electron chi connectivity index (χ0n) is 8.35. The summed E-state index contributed by atoms with van der Waals surface area (Å²) in [6.07, 6.45) is 4.69. The van der Waals surface area contributed by atoms with Crippen LogP contribution in [0.3, 0.4) is 0 Å². The molecule has 0 N–H and O–H groups in total. The summed E-state index contributed by atoms with van der Waals surface area (Å²) in [6, 6.07) is 5.29. The Morgan fingerprint density at radius 3 is 2.80 bits per heavy atom. The second-order valence-electron chi connectivity index (χ2n) is 4.19.